The average Bonchev–Trinajstić information content (AvgIpc) is 2.75. The van der Waals surface area contributed by atoms with Crippen LogP contribution in [0.25, 0.3) is 0 Å². The molecule has 0 bridgehead atoms. The van der Waals surface area contributed by atoms with Crippen molar-refractivity contribution in [3.05, 3.63) is 36.4 Å². The van der Waals surface area contributed by atoms with Gasteiger partial charge in [-0.3, -0.25) is 9.78 Å². The maximum Gasteiger partial charge on any atom is 0.313 e. The minimum absolute atomic E-state index is 0.0269. The van der Waals surface area contributed by atoms with Gasteiger partial charge < -0.3 is 9.67 Å². The lowest BCUT2D eigenvalue weighted by Gasteiger charge is -2.04. The summed E-state index contributed by atoms with van der Waals surface area (Å²) in [5.41, 5.74) is 0.879. The fourth-order valence-electron chi connectivity index (χ4n) is 1.26. The van der Waals surface area contributed by atoms with Crippen molar-refractivity contribution in [2.45, 2.75) is 11.7 Å². The van der Waals surface area contributed by atoms with E-state index in [0.29, 0.717) is 11.7 Å². The van der Waals surface area contributed by atoms with Crippen LogP contribution in [0.2, 0.25) is 0 Å². The van der Waals surface area contributed by atoms with E-state index >= 15 is 0 Å². The molecule has 1 N–H and O–H groups in total. The molecule has 0 aromatic carbocycles. The van der Waals surface area contributed by atoms with Crippen LogP contribution in [0.3, 0.4) is 0 Å². The van der Waals surface area contributed by atoms with Crippen LogP contribution < -0.4 is 0 Å². The Labute approximate surface area is 102 Å². The van der Waals surface area contributed by atoms with Crippen molar-refractivity contribution in [3.8, 4) is 0 Å². The predicted octanol–water partition coefficient (Wildman–Crippen LogP) is 0.898. The highest BCUT2D eigenvalue weighted by molar-refractivity contribution is 7.99. The van der Waals surface area contributed by atoms with Gasteiger partial charge in [-0.05, 0) is 12.1 Å². The minimum atomic E-state index is -0.873. The third-order valence-corrected chi connectivity index (χ3v) is 2.93. The molecule has 0 saturated heterocycles. The summed E-state index contributed by atoms with van der Waals surface area (Å²) < 4.78 is 1.77. The second-order valence-corrected chi connectivity index (χ2v) is 4.19. The van der Waals surface area contributed by atoms with Crippen molar-refractivity contribution < 1.29 is 9.90 Å². The topological polar surface area (TPSA) is 80.9 Å². The lowest BCUT2D eigenvalue weighted by molar-refractivity contribution is -0.133. The van der Waals surface area contributed by atoms with E-state index in [1.807, 2.05) is 18.2 Å². The van der Waals surface area contributed by atoms with E-state index in [1.54, 1.807) is 17.1 Å². The van der Waals surface area contributed by atoms with Crippen molar-refractivity contribution in [1.82, 2.24) is 19.7 Å². The number of carboxylic acids is 1. The third-order valence-electron chi connectivity index (χ3n) is 1.96. The molecule has 7 heteroatoms. The quantitative estimate of drug-likeness (QED) is 0.794. The Bertz CT molecular complexity index is 500. The lowest BCUT2D eigenvalue weighted by Crippen LogP contribution is -2.04. The molecule has 0 fully saturated rings. The molecule has 0 amide bonds. The van der Waals surface area contributed by atoms with Crippen LogP contribution in [0, 0.1) is 0 Å². The van der Waals surface area contributed by atoms with Crippen LogP contribution in [0.5, 0.6) is 0 Å². The minimum Gasteiger partial charge on any atom is -0.481 e. The van der Waals surface area contributed by atoms with Crippen LogP contribution in [-0.4, -0.2) is 36.6 Å². The molecule has 0 radical (unpaired) electrons. The van der Waals surface area contributed by atoms with E-state index in [0.717, 1.165) is 17.5 Å². The lowest BCUT2D eigenvalue weighted by atomic mass is 10.3. The second-order valence-electron chi connectivity index (χ2n) is 3.24. The number of carbonyl (C=O) groups is 1. The summed E-state index contributed by atoms with van der Waals surface area (Å²) in [7, 11) is 0. The van der Waals surface area contributed by atoms with E-state index in [1.165, 1.54) is 0 Å². The number of hydrogen-bond donors (Lipinski definition) is 1. The molecule has 0 aliphatic carbocycles. The molecule has 0 aliphatic rings. The molecule has 0 aliphatic heterocycles. The number of pyridine rings is 1. The van der Waals surface area contributed by atoms with Gasteiger partial charge in [0.15, 0.2) is 5.16 Å². The highest BCUT2D eigenvalue weighted by Gasteiger charge is 2.08. The summed E-state index contributed by atoms with van der Waals surface area (Å²) >= 11 is 1.14. The van der Waals surface area contributed by atoms with Crippen molar-refractivity contribution in [2.24, 2.45) is 0 Å². The Balaban J connectivity index is 2.06. The molecule has 0 saturated carbocycles. The van der Waals surface area contributed by atoms with Gasteiger partial charge in [0.25, 0.3) is 0 Å². The highest BCUT2D eigenvalue weighted by Crippen LogP contribution is 2.15. The van der Waals surface area contributed by atoms with Gasteiger partial charge in [0.1, 0.15) is 6.33 Å². The third kappa shape index (κ3) is 3.28. The summed E-state index contributed by atoms with van der Waals surface area (Å²) in [6.45, 7) is 0.537. The summed E-state index contributed by atoms with van der Waals surface area (Å²) in [6, 6.07) is 5.64. The van der Waals surface area contributed by atoms with Gasteiger partial charge >= 0.3 is 5.97 Å². The number of aliphatic carboxylic acids is 1. The standard InChI is InChI=1S/C10H10N4O2S/c15-9(16)6-17-10-13-12-7-14(10)5-8-3-1-2-4-11-8/h1-4,7H,5-6H2,(H,15,16). The van der Waals surface area contributed by atoms with E-state index in [2.05, 4.69) is 15.2 Å². The number of aromatic nitrogens is 4. The SMILES string of the molecule is O=C(O)CSc1nncn1Cc1ccccn1. The van der Waals surface area contributed by atoms with E-state index < -0.39 is 5.97 Å². The Morgan fingerprint density at radius 2 is 2.35 bits per heavy atom. The van der Waals surface area contributed by atoms with E-state index in [4.69, 9.17) is 5.11 Å². The van der Waals surface area contributed by atoms with Gasteiger partial charge in [-0.15, -0.1) is 10.2 Å². The van der Waals surface area contributed by atoms with Crippen molar-refractivity contribution in [3.63, 3.8) is 0 Å². The largest absolute Gasteiger partial charge is 0.481 e. The fraction of sp³-hybridized carbons (Fsp3) is 0.200. The first-order valence-corrected chi connectivity index (χ1v) is 5.86. The molecular formula is C10H10N4O2S. The molecule has 2 aromatic heterocycles. The molecule has 0 atom stereocenters. The van der Waals surface area contributed by atoms with Crippen molar-refractivity contribution in [2.75, 3.05) is 5.75 Å². The van der Waals surface area contributed by atoms with Gasteiger partial charge in [-0.1, -0.05) is 17.8 Å². The molecule has 0 spiro atoms. The summed E-state index contributed by atoms with van der Waals surface area (Å²) in [5.74, 6) is -0.900. The first-order chi connectivity index (χ1) is 8.25. The summed E-state index contributed by atoms with van der Waals surface area (Å²) in [6.07, 6.45) is 3.28. The molecule has 2 rings (SSSR count). The number of nitrogens with zero attached hydrogens (tertiary/aromatic N) is 4. The average molecular weight is 250 g/mol. The maximum atomic E-state index is 10.5. The monoisotopic (exact) mass is 250 g/mol. The number of thioether (sulfide) groups is 1. The number of hydrogen-bond acceptors (Lipinski definition) is 5. The summed E-state index contributed by atoms with van der Waals surface area (Å²) in [5, 5.41) is 16.8. The Kier molecular flexibility index (Phi) is 3.71. The number of carboxylic acid groups (broad SMARTS) is 1. The maximum absolute atomic E-state index is 10.5. The number of rotatable bonds is 5. The second kappa shape index (κ2) is 5.44. The molecule has 17 heavy (non-hydrogen) atoms. The van der Waals surface area contributed by atoms with E-state index in [-0.39, 0.29) is 5.75 Å². The van der Waals surface area contributed by atoms with Gasteiger partial charge in [-0.2, -0.15) is 0 Å². The van der Waals surface area contributed by atoms with Gasteiger partial charge in [0.05, 0.1) is 18.0 Å². The molecule has 2 aromatic rings. The molecule has 88 valence electrons. The molecule has 0 unspecified atom stereocenters. The fourth-order valence-corrected chi connectivity index (χ4v) is 1.89. The predicted molar refractivity (Wildman–Crippen MR) is 61.7 cm³/mol. The Morgan fingerprint density at radius 1 is 1.47 bits per heavy atom. The first kappa shape index (κ1) is 11.6. The smallest absolute Gasteiger partial charge is 0.313 e. The zero-order chi connectivity index (χ0) is 12.1. The molecule has 2 heterocycles. The molecular weight excluding hydrogens is 240 g/mol. The van der Waals surface area contributed by atoms with Gasteiger partial charge in [0, 0.05) is 6.20 Å². The van der Waals surface area contributed by atoms with Gasteiger partial charge in [0.2, 0.25) is 0 Å². The van der Waals surface area contributed by atoms with Gasteiger partial charge in [-0.25, -0.2) is 0 Å². The van der Waals surface area contributed by atoms with Crippen LogP contribution in [-0.2, 0) is 11.3 Å². The Hall–Kier alpha value is -1.89. The normalized spacial score (nSPS) is 10.4. The zero-order valence-electron chi connectivity index (χ0n) is 8.85. The van der Waals surface area contributed by atoms with Crippen molar-refractivity contribution in [1.29, 1.82) is 0 Å². The molecule has 6 nitrogen and oxygen atoms in total. The van der Waals surface area contributed by atoms with Crippen LogP contribution >= 0.6 is 11.8 Å². The highest BCUT2D eigenvalue weighted by atomic mass is 32.2. The Morgan fingerprint density at radius 3 is 3.06 bits per heavy atom. The van der Waals surface area contributed by atoms with E-state index in [9.17, 15) is 4.79 Å². The van der Waals surface area contributed by atoms with Crippen LogP contribution in [0.15, 0.2) is 35.9 Å². The summed E-state index contributed by atoms with van der Waals surface area (Å²) in [4.78, 5) is 14.7. The van der Waals surface area contributed by atoms with Crippen molar-refractivity contribution >= 4 is 17.7 Å². The van der Waals surface area contributed by atoms with Crippen LogP contribution in [0.4, 0.5) is 0 Å². The first-order valence-electron chi connectivity index (χ1n) is 4.88. The zero-order valence-corrected chi connectivity index (χ0v) is 9.67. The van der Waals surface area contributed by atoms with Crippen LogP contribution in [0.1, 0.15) is 5.69 Å².